The first-order valence-electron chi connectivity index (χ1n) is 4.26. The van der Waals surface area contributed by atoms with E-state index < -0.39 is 6.09 Å². The highest BCUT2D eigenvalue weighted by Crippen LogP contribution is 2.09. The van der Waals surface area contributed by atoms with E-state index in [0.717, 1.165) is 4.90 Å². The summed E-state index contributed by atoms with van der Waals surface area (Å²) < 4.78 is 4.91. The maximum Gasteiger partial charge on any atom is 0.421 e. The summed E-state index contributed by atoms with van der Waals surface area (Å²) in [4.78, 5) is 22.6. The molecule has 0 saturated carbocycles. The van der Waals surface area contributed by atoms with Gasteiger partial charge in [-0.15, -0.1) is 0 Å². The maximum atomic E-state index is 11.2. The predicted molar refractivity (Wildman–Crippen MR) is 50.9 cm³/mol. The van der Waals surface area contributed by atoms with Gasteiger partial charge in [0.1, 0.15) is 5.75 Å². The number of ether oxygens (including phenoxy) is 1. The van der Waals surface area contributed by atoms with Gasteiger partial charge in [0.05, 0.1) is 0 Å². The molecule has 2 amide bonds. The number of carbonyl (C=O) groups excluding carboxylic acids is 2. The van der Waals surface area contributed by atoms with Crippen LogP contribution in [0, 0.1) is 0 Å². The minimum atomic E-state index is -0.659. The summed E-state index contributed by atoms with van der Waals surface area (Å²) in [5.74, 6) is 0.429. The number of amides is 2. The molecule has 0 heterocycles. The molecule has 0 unspecified atom stereocenters. The van der Waals surface area contributed by atoms with Gasteiger partial charge < -0.3 is 4.74 Å². The molecule has 0 bridgehead atoms. The Hall–Kier alpha value is -1.84. The second-order valence-corrected chi connectivity index (χ2v) is 2.57. The van der Waals surface area contributed by atoms with E-state index in [-0.39, 0.29) is 0 Å². The topological polar surface area (TPSA) is 46.6 Å². The van der Waals surface area contributed by atoms with Gasteiger partial charge in [-0.1, -0.05) is 18.2 Å². The highest BCUT2D eigenvalue weighted by atomic mass is 16.6. The Morgan fingerprint density at radius 1 is 1.43 bits per heavy atom. The quantitative estimate of drug-likeness (QED) is 0.686. The Morgan fingerprint density at radius 3 is 2.57 bits per heavy atom. The van der Waals surface area contributed by atoms with Crippen molar-refractivity contribution >= 4 is 12.5 Å². The summed E-state index contributed by atoms with van der Waals surface area (Å²) in [6, 6.07) is 8.61. The van der Waals surface area contributed by atoms with Gasteiger partial charge in [-0.05, 0) is 19.1 Å². The van der Waals surface area contributed by atoms with Gasteiger partial charge in [0.15, 0.2) is 0 Å². The zero-order valence-corrected chi connectivity index (χ0v) is 7.84. The number of hydrogen-bond acceptors (Lipinski definition) is 3. The molecule has 0 aromatic heterocycles. The molecule has 1 rings (SSSR count). The maximum absolute atomic E-state index is 11.2. The van der Waals surface area contributed by atoms with Crippen molar-refractivity contribution in [2.24, 2.45) is 0 Å². The molecule has 1 aromatic carbocycles. The number of rotatable bonds is 3. The van der Waals surface area contributed by atoms with Crippen LogP contribution in [0.2, 0.25) is 0 Å². The fourth-order valence-electron chi connectivity index (χ4n) is 0.895. The summed E-state index contributed by atoms with van der Waals surface area (Å²) >= 11 is 0. The van der Waals surface area contributed by atoms with Crippen LogP contribution >= 0.6 is 0 Å². The van der Waals surface area contributed by atoms with Crippen LogP contribution < -0.4 is 4.74 Å². The molecule has 4 nitrogen and oxygen atoms in total. The van der Waals surface area contributed by atoms with Crippen molar-refractivity contribution in [1.82, 2.24) is 4.90 Å². The molecule has 0 aliphatic heterocycles. The first-order valence-corrected chi connectivity index (χ1v) is 4.26. The van der Waals surface area contributed by atoms with E-state index in [4.69, 9.17) is 4.74 Å². The summed E-state index contributed by atoms with van der Waals surface area (Å²) in [7, 11) is 0. The Bertz CT molecular complexity index is 310. The molecular weight excluding hydrogens is 182 g/mol. The van der Waals surface area contributed by atoms with Gasteiger partial charge >= 0.3 is 6.09 Å². The van der Waals surface area contributed by atoms with E-state index in [9.17, 15) is 9.59 Å². The number of para-hydroxylation sites is 1. The number of benzene rings is 1. The zero-order chi connectivity index (χ0) is 10.4. The molecule has 0 aliphatic rings. The Morgan fingerprint density at radius 2 is 2.07 bits per heavy atom. The normalized spacial score (nSPS) is 9.21. The second kappa shape index (κ2) is 5.01. The van der Waals surface area contributed by atoms with Crippen LogP contribution in [0.4, 0.5) is 4.79 Å². The second-order valence-electron chi connectivity index (χ2n) is 2.57. The standard InChI is InChI=1S/C10H11NO3/c1-2-11(8-12)10(13)14-9-6-4-3-5-7-9/h3-8H,2H2,1H3. The first kappa shape index (κ1) is 10.2. The highest BCUT2D eigenvalue weighted by molar-refractivity contribution is 5.81. The van der Waals surface area contributed by atoms with E-state index in [1.807, 2.05) is 6.07 Å². The lowest BCUT2D eigenvalue weighted by Gasteiger charge is -2.12. The third-order valence-corrected chi connectivity index (χ3v) is 1.65. The van der Waals surface area contributed by atoms with E-state index in [0.29, 0.717) is 18.7 Å². The van der Waals surface area contributed by atoms with Crippen molar-refractivity contribution in [2.75, 3.05) is 6.54 Å². The number of hydrogen-bond donors (Lipinski definition) is 0. The van der Waals surface area contributed by atoms with E-state index >= 15 is 0 Å². The van der Waals surface area contributed by atoms with Crippen LogP contribution in [0.25, 0.3) is 0 Å². The molecule has 0 atom stereocenters. The molecular formula is C10H11NO3. The lowest BCUT2D eigenvalue weighted by atomic mass is 10.3. The van der Waals surface area contributed by atoms with Gasteiger partial charge in [-0.25, -0.2) is 9.69 Å². The first-order chi connectivity index (χ1) is 6.77. The summed E-state index contributed by atoms with van der Waals surface area (Å²) in [5, 5.41) is 0. The third-order valence-electron chi connectivity index (χ3n) is 1.65. The molecule has 0 aliphatic carbocycles. The molecule has 0 N–H and O–H groups in total. The van der Waals surface area contributed by atoms with Crippen molar-refractivity contribution in [3.8, 4) is 5.75 Å². The fraction of sp³-hybridized carbons (Fsp3) is 0.200. The molecule has 0 saturated heterocycles. The van der Waals surface area contributed by atoms with Gasteiger partial charge in [-0.3, -0.25) is 4.79 Å². The highest BCUT2D eigenvalue weighted by Gasteiger charge is 2.11. The van der Waals surface area contributed by atoms with Crippen LogP contribution in [-0.4, -0.2) is 23.9 Å². The zero-order valence-electron chi connectivity index (χ0n) is 7.84. The molecule has 4 heteroatoms. The number of carbonyl (C=O) groups is 2. The van der Waals surface area contributed by atoms with Crippen molar-refractivity contribution in [2.45, 2.75) is 6.92 Å². The van der Waals surface area contributed by atoms with E-state index in [2.05, 4.69) is 0 Å². The van der Waals surface area contributed by atoms with Gasteiger partial charge in [-0.2, -0.15) is 0 Å². The summed E-state index contributed by atoms with van der Waals surface area (Å²) in [6.45, 7) is 2.00. The minimum Gasteiger partial charge on any atom is -0.410 e. The minimum absolute atomic E-state index is 0.301. The van der Waals surface area contributed by atoms with E-state index in [1.54, 1.807) is 31.2 Å². The molecule has 1 aromatic rings. The SMILES string of the molecule is CCN(C=O)C(=O)Oc1ccccc1. The average molecular weight is 193 g/mol. The van der Waals surface area contributed by atoms with Gasteiger partial charge in [0.2, 0.25) is 6.41 Å². The van der Waals surface area contributed by atoms with Crippen molar-refractivity contribution in [3.63, 3.8) is 0 Å². The molecule has 0 radical (unpaired) electrons. The van der Waals surface area contributed by atoms with Crippen molar-refractivity contribution < 1.29 is 14.3 Å². The average Bonchev–Trinajstić information content (AvgIpc) is 2.21. The number of imide groups is 1. The summed E-state index contributed by atoms with van der Waals surface area (Å²) in [6.07, 6.45) is -0.209. The smallest absolute Gasteiger partial charge is 0.410 e. The van der Waals surface area contributed by atoms with Crippen LogP contribution in [0.5, 0.6) is 5.75 Å². The molecule has 74 valence electrons. The Kier molecular flexibility index (Phi) is 3.67. The van der Waals surface area contributed by atoms with Crippen LogP contribution in [0.15, 0.2) is 30.3 Å². The van der Waals surface area contributed by atoms with Crippen molar-refractivity contribution in [3.05, 3.63) is 30.3 Å². The molecule has 0 fully saturated rings. The number of nitrogens with zero attached hydrogens (tertiary/aromatic N) is 1. The monoisotopic (exact) mass is 193 g/mol. The van der Waals surface area contributed by atoms with Crippen LogP contribution in [0.1, 0.15) is 6.92 Å². The van der Waals surface area contributed by atoms with E-state index in [1.165, 1.54) is 0 Å². The molecule has 14 heavy (non-hydrogen) atoms. The Labute approximate surface area is 82.1 Å². The fourth-order valence-corrected chi connectivity index (χ4v) is 0.895. The third kappa shape index (κ3) is 2.58. The largest absolute Gasteiger partial charge is 0.421 e. The molecule has 0 spiro atoms. The van der Waals surface area contributed by atoms with Crippen molar-refractivity contribution in [1.29, 1.82) is 0 Å². The van der Waals surface area contributed by atoms with Crippen LogP contribution in [-0.2, 0) is 4.79 Å². The lowest BCUT2D eigenvalue weighted by Crippen LogP contribution is -2.31. The Balaban J connectivity index is 2.61. The lowest BCUT2D eigenvalue weighted by molar-refractivity contribution is -0.116. The van der Waals surface area contributed by atoms with Gasteiger partial charge in [0, 0.05) is 6.54 Å². The van der Waals surface area contributed by atoms with Crippen LogP contribution in [0.3, 0.4) is 0 Å². The van der Waals surface area contributed by atoms with Gasteiger partial charge in [0.25, 0.3) is 0 Å². The predicted octanol–water partition coefficient (Wildman–Crippen LogP) is 1.66. The summed E-state index contributed by atoms with van der Waals surface area (Å²) in [5.41, 5.74) is 0.